The van der Waals surface area contributed by atoms with Crippen molar-refractivity contribution in [3.8, 4) is 0 Å². The third-order valence-corrected chi connectivity index (χ3v) is 2.72. The minimum Gasteiger partial charge on any atom is -0.0883 e. The Morgan fingerprint density at radius 1 is 1.00 bits per heavy atom. The van der Waals surface area contributed by atoms with Crippen LogP contribution < -0.4 is 0 Å². The minimum atomic E-state index is 0.742. The second kappa shape index (κ2) is 8.34. The lowest BCUT2D eigenvalue weighted by molar-refractivity contribution is 0.502. The Labute approximate surface area is 84.4 Å². The van der Waals surface area contributed by atoms with Gasteiger partial charge in [0.1, 0.15) is 0 Å². The van der Waals surface area contributed by atoms with Crippen LogP contribution in [-0.2, 0) is 0 Å². The van der Waals surface area contributed by atoms with Gasteiger partial charge in [0.15, 0.2) is 0 Å². The van der Waals surface area contributed by atoms with Crippen LogP contribution in [0.2, 0.25) is 0 Å². The van der Waals surface area contributed by atoms with Gasteiger partial charge in [0, 0.05) is 0 Å². The first-order valence-electron chi connectivity index (χ1n) is 5.85. The van der Waals surface area contributed by atoms with Gasteiger partial charge in [-0.2, -0.15) is 0 Å². The van der Waals surface area contributed by atoms with Gasteiger partial charge in [-0.1, -0.05) is 59.1 Å². The Kier molecular flexibility index (Phi) is 8.18. The SMILES string of the molecule is CCCCCC/C=C\C(C)C(C)C. The molecular formula is C13H26. The van der Waals surface area contributed by atoms with Crippen LogP contribution in [0.3, 0.4) is 0 Å². The molecule has 0 rings (SSSR count). The van der Waals surface area contributed by atoms with Crippen molar-refractivity contribution in [3.05, 3.63) is 12.2 Å². The summed E-state index contributed by atoms with van der Waals surface area (Å²) < 4.78 is 0. The quantitative estimate of drug-likeness (QED) is 0.392. The number of hydrogen-bond acceptors (Lipinski definition) is 0. The third-order valence-electron chi connectivity index (χ3n) is 2.72. The summed E-state index contributed by atoms with van der Waals surface area (Å²) in [5, 5.41) is 0. The van der Waals surface area contributed by atoms with Gasteiger partial charge < -0.3 is 0 Å². The molecule has 0 aromatic carbocycles. The van der Waals surface area contributed by atoms with Crippen LogP contribution in [0, 0.1) is 11.8 Å². The van der Waals surface area contributed by atoms with Crippen molar-refractivity contribution in [2.75, 3.05) is 0 Å². The molecule has 0 amide bonds. The highest BCUT2D eigenvalue weighted by molar-refractivity contribution is 4.87. The summed E-state index contributed by atoms with van der Waals surface area (Å²) in [6, 6.07) is 0. The predicted octanol–water partition coefficient (Wildman–Crippen LogP) is 4.81. The molecule has 0 aromatic rings. The van der Waals surface area contributed by atoms with E-state index in [1.807, 2.05) is 0 Å². The third kappa shape index (κ3) is 8.08. The van der Waals surface area contributed by atoms with Gasteiger partial charge in [-0.25, -0.2) is 0 Å². The van der Waals surface area contributed by atoms with Gasteiger partial charge in [-0.3, -0.25) is 0 Å². The number of unbranched alkanes of at least 4 members (excludes halogenated alkanes) is 4. The lowest BCUT2D eigenvalue weighted by Gasteiger charge is -2.09. The van der Waals surface area contributed by atoms with E-state index in [4.69, 9.17) is 0 Å². The molecule has 13 heavy (non-hydrogen) atoms. The summed E-state index contributed by atoms with van der Waals surface area (Å²) in [4.78, 5) is 0. The van der Waals surface area contributed by atoms with Crippen molar-refractivity contribution < 1.29 is 0 Å². The zero-order chi connectivity index (χ0) is 10.1. The Morgan fingerprint density at radius 2 is 1.69 bits per heavy atom. The second-order valence-electron chi connectivity index (χ2n) is 4.38. The molecular weight excluding hydrogens is 156 g/mol. The second-order valence-corrected chi connectivity index (χ2v) is 4.38. The fourth-order valence-corrected chi connectivity index (χ4v) is 1.22. The molecule has 1 atom stereocenters. The van der Waals surface area contributed by atoms with Crippen LogP contribution >= 0.6 is 0 Å². The van der Waals surface area contributed by atoms with E-state index in [9.17, 15) is 0 Å². The summed E-state index contributed by atoms with van der Waals surface area (Å²) in [7, 11) is 0. The van der Waals surface area contributed by atoms with Crippen LogP contribution in [0.1, 0.15) is 59.8 Å². The van der Waals surface area contributed by atoms with Crippen molar-refractivity contribution in [1.82, 2.24) is 0 Å². The van der Waals surface area contributed by atoms with Crippen LogP contribution in [0.4, 0.5) is 0 Å². The molecule has 0 nitrogen and oxygen atoms in total. The van der Waals surface area contributed by atoms with Gasteiger partial charge in [-0.05, 0) is 24.7 Å². The zero-order valence-electron chi connectivity index (χ0n) is 9.84. The van der Waals surface area contributed by atoms with Crippen LogP contribution in [0.5, 0.6) is 0 Å². The molecule has 0 aliphatic carbocycles. The molecule has 0 bridgehead atoms. The van der Waals surface area contributed by atoms with E-state index in [2.05, 4.69) is 39.8 Å². The highest BCUT2D eigenvalue weighted by Crippen LogP contribution is 2.12. The fourth-order valence-electron chi connectivity index (χ4n) is 1.22. The molecule has 0 heteroatoms. The highest BCUT2D eigenvalue weighted by Gasteiger charge is 2.00. The van der Waals surface area contributed by atoms with E-state index in [-0.39, 0.29) is 0 Å². The van der Waals surface area contributed by atoms with Crippen molar-refractivity contribution in [2.24, 2.45) is 11.8 Å². The first-order valence-corrected chi connectivity index (χ1v) is 5.85. The normalized spacial score (nSPS) is 14.2. The first kappa shape index (κ1) is 12.7. The van der Waals surface area contributed by atoms with Crippen LogP contribution in [0.25, 0.3) is 0 Å². The summed E-state index contributed by atoms with van der Waals surface area (Å²) in [5.74, 6) is 1.53. The molecule has 0 saturated carbocycles. The van der Waals surface area contributed by atoms with Gasteiger partial charge in [0.2, 0.25) is 0 Å². The van der Waals surface area contributed by atoms with E-state index < -0.39 is 0 Å². The molecule has 0 aliphatic heterocycles. The molecule has 0 aromatic heterocycles. The van der Waals surface area contributed by atoms with Crippen molar-refractivity contribution >= 4 is 0 Å². The molecule has 0 radical (unpaired) electrons. The molecule has 0 saturated heterocycles. The molecule has 0 aliphatic rings. The Bertz CT molecular complexity index is 122. The average Bonchev–Trinajstić information content (AvgIpc) is 2.10. The largest absolute Gasteiger partial charge is 0.0883 e. The summed E-state index contributed by atoms with van der Waals surface area (Å²) in [6.07, 6.45) is 11.5. The molecule has 0 fully saturated rings. The highest BCUT2D eigenvalue weighted by atomic mass is 14.1. The predicted molar refractivity (Wildman–Crippen MR) is 61.9 cm³/mol. The summed E-state index contributed by atoms with van der Waals surface area (Å²) >= 11 is 0. The van der Waals surface area contributed by atoms with E-state index in [0.29, 0.717) is 0 Å². The molecule has 0 heterocycles. The number of allylic oxidation sites excluding steroid dienone is 2. The van der Waals surface area contributed by atoms with Crippen LogP contribution in [-0.4, -0.2) is 0 Å². The smallest absolute Gasteiger partial charge is 0.0239 e. The van der Waals surface area contributed by atoms with Crippen LogP contribution in [0.15, 0.2) is 12.2 Å². The molecule has 1 unspecified atom stereocenters. The van der Waals surface area contributed by atoms with Crippen molar-refractivity contribution in [2.45, 2.75) is 59.8 Å². The minimum absolute atomic E-state index is 0.742. The van der Waals surface area contributed by atoms with Crippen molar-refractivity contribution in [3.63, 3.8) is 0 Å². The first-order chi connectivity index (χ1) is 6.18. The van der Waals surface area contributed by atoms with E-state index in [1.165, 1.54) is 32.1 Å². The average molecular weight is 182 g/mol. The maximum absolute atomic E-state index is 2.37. The van der Waals surface area contributed by atoms with E-state index >= 15 is 0 Å². The Balaban J connectivity index is 3.30. The van der Waals surface area contributed by atoms with E-state index in [0.717, 1.165) is 11.8 Å². The van der Waals surface area contributed by atoms with Gasteiger partial charge in [0.25, 0.3) is 0 Å². The molecule has 78 valence electrons. The fraction of sp³-hybridized carbons (Fsp3) is 0.846. The summed E-state index contributed by atoms with van der Waals surface area (Å²) in [6.45, 7) is 9.13. The lowest BCUT2D eigenvalue weighted by Crippen LogP contribution is -1.98. The van der Waals surface area contributed by atoms with Gasteiger partial charge in [-0.15, -0.1) is 0 Å². The summed E-state index contributed by atoms with van der Waals surface area (Å²) in [5.41, 5.74) is 0. The van der Waals surface area contributed by atoms with Crippen molar-refractivity contribution in [1.29, 1.82) is 0 Å². The topological polar surface area (TPSA) is 0 Å². The van der Waals surface area contributed by atoms with E-state index in [1.54, 1.807) is 0 Å². The standard InChI is InChI=1S/C13H26/c1-5-6-7-8-9-10-11-13(4)12(2)3/h10-13H,5-9H2,1-4H3/b11-10-. The molecule has 0 spiro atoms. The lowest BCUT2D eigenvalue weighted by atomic mass is 9.97. The number of rotatable bonds is 7. The number of hydrogen-bond donors (Lipinski definition) is 0. The Hall–Kier alpha value is -0.260. The molecule has 0 N–H and O–H groups in total. The maximum Gasteiger partial charge on any atom is -0.0239 e. The maximum atomic E-state index is 2.37. The van der Waals surface area contributed by atoms with Gasteiger partial charge >= 0.3 is 0 Å². The monoisotopic (exact) mass is 182 g/mol. The van der Waals surface area contributed by atoms with Gasteiger partial charge in [0.05, 0.1) is 0 Å². The Morgan fingerprint density at radius 3 is 2.23 bits per heavy atom. The zero-order valence-corrected chi connectivity index (χ0v) is 9.84.